The lowest BCUT2D eigenvalue weighted by Gasteiger charge is -2.31. The largest absolute Gasteiger partial charge is 0.355 e. The van der Waals surface area contributed by atoms with Crippen LogP contribution < -0.4 is 9.62 Å². The fraction of sp³-hybridized carbons (Fsp3) is 0.364. The molecule has 0 aliphatic carbocycles. The quantitative estimate of drug-likeness (QED) is 0.616. The molecule has 2 aromatic carbocycles. The van der Waals surface area contributed by atoms with Gasteiger partial charge in [0.25, 0.3) is 0 Å². The van der Waals surface area contributed by atoms with Gasteiger partial charge in [-0.2, -0.15) is 0 Å². The number of carbonyl (C=O) groups excluding carboxylic acids is 2. The van der Waals surface area contributed by atoms with Gasteiger partial charge in [0, 0.05) is 18.1 Å². The molecule has 1 atom stereocenters. The van der Waals surface area contributed by atoms with Crippen molar-refractivity contribution in [3.05, 3.63) is 64.7 Å². The lowest BCUT2D eigenvalue weighted by molar-refractivity contribution is -0.139. The number of likely N-dealkylation sites (N-methyl/N-ethyl adjacent to an activating group) is 1. The fourth-order valence-corrected chi connectivity index (χ4v) is 4.15. The van der Waals surface area contributed by atoms with Crippen LogP contribution in [0, 0.1) is 6.92 Å². The average molecular weight is 466 g/mol. The number of hydrogen-bond donors (Lipinski definition) is 1. The van der Waals surface area contributed by atoms with Crippen LogP contribution in [0.3, 0.4) is 0 Å². The molecule has 0 bridgehead atoms. The number of amides is 2. The molecule has 1 unspecified atom stereocenters. The van der Waals surface area contributed by atoms with E-state index in [1.807, 2.05) is 31.2 Å². The second-order valence-corrected chi connectivity index (χ2v) is 9.61. The normalized spacial score (nSPS) is 12.2. The van der Waals surface area contributed by atoms with Gasteiger partial charge in [-0.05, 0) is 50.1 Å². The molecule has 0 aliphatic heterocycles. The van der Waals surface area contributed by atoms with E-state index in [2.05, 4.69) is 5.32 Å². The van der Waals surface area contributed by atoms with Gasteiger partial charge < -0.3 is 10.2 Å². The maximum absolute atomic E-state index is 13.3. The van der Waals surface area contributed by atoms with Crippen LogP contribution in [0.4, 0.5) is 5.69 Å². The first kappa shape index (κ1) is 24.7. The Morgan fingerprint density at radius 3 is 2.39 bits per heavy atom. The summed E-state index contributed by atoms with van der Waals surface area (Å²) in [5.41, 5.74) is 2.13. The van der Waals surface area contributed by atoms with Gasteiger partial charge in [0.15, 0.2) is 0 Å². The van der Waals surface area contributed by atoms with Gasteiger partial charge in [-0.3, -0.25) is 13.9 Å². The number of halogens is 1. The van der Waals surface area contributed by atoms with E-state index in [4.69, 9.17) is 11.6 Å². The SMILES string of the molecule is CCNC(=O)C(C)N(Cc1ccccc1C)C(=O)CN(c1cccc(Cl)c1)S(C)(=O)=O. The van der Waals surface area contributed by atoms with E-state index in [1.165, 1.54) is 11.0 Å². The molecule has 2 rings (SSSR count). The number of anilines is 1. The van der Waals surface area contributed by atoms with Gasteiger partial charge in [0.1, 0.15) is 12.6 Å². The first-order valence-corrected chi connectivity index (χ1v) is 12.1. The molecule has 0 aromatic heterocycles. The van der Waals surface area contributed by atoms with Crippen LogP contribution in [-0.2, 0) is 26.2 Å². The van der Waals surface area contributed by atoms with Crippen molar-refractivity contribution in [1.29, 1.82) is 0 Å². The first-order chi connectivity index (χ1) is 14.5. The number of aryl methyl sites for hydroxylation is 1. The molecule has 0 aliphatic rings. The van der Waals surface area contributed by atoms with Gasteiger partial charge in [0.05, 0.1) is 11.9 Å². The summed E-state index contributed by atoms with van der Waals surface area (Å²) in [5, 5.41) is 3.07. The zero-order valence-corrected chi connectivity index (χ0v) is 19.7. The van der Waals surface area contributed by atoms with Crippen molar-refractivity contribution < 1.29 is 18.0 Å². The molecule has 168 valence electrons. The summed E-state index contributed by atoms with van der Waals surface area (Å²) in [7, 11) is -3.77. The minimum absolute atomic E-state index is 0.178. The number of nitrogens with one attached hydrogen (secondary N) is 1. The third-order valence-corrected chi connectivity index (χ3v) is 6.27. The molecule has 0 saturated heterocycles. The highest BCUT2D eigenvalue weighted by molar-refractivity contribution is 7.92. The molecule has 0 spiro atoms. The van der Waals surface area contributed by atoms with Gasteiger partial charge in [-0.15, -0.1) is 0 Å². The van der Waals surface area contributed by atoms with E-state index in [-0.39, 0.29) is 18.1 Å². The Hall–Kier alpha value is -2.58. The number of sulfonamides is 1. The Bertz CT molecular complexity index is 1040. The summed E-state index contributed by atoms with van der Waals surface area (Å²) in [6, 6.07) is 13.0. The summed E-state index contributed by atoms with van der Waals surface area (Å²) in [6.07, 6.45) is 1.03. The maximum Gasteiger partial charge on any atom is 0.244 e. The van der Waals surface area contributed by atoms with E-state index in [0.717, 1.165) is 21.7 Å². The summed E-state index contributed by atoms with van der Waals surface area (Å²) in [5.74, 6) is -0.800. The molecule has 1 N–H and O–H groups in total. The minimum Gasteiger partial charge on any atom is -0.355 e. The Kier molecular flexibility index (Phi) is 8.47. The minimum atomic E-state index is -3.77. The maximum atomic E-state index is 13.3. The smallest absolute Gasteiger partial charge is 0.244 e. The van der Waals surface area contributed by atoms with Crippen molar-refractivity contribution >= 4 is 39.1 Å². The van der Waals surface area contributed by atoms with Crippen molar-refractivity contribution in [3.63, 3.8) is 0 Å². The highest BCUT2D eigenvalue weighted by atomic mass is 35.5. The van der Waals surface area contributed by atoms with E-state index >= 15 is 0 Å². The second-order valence-electron chi connectivity index (χ2n) is 7.27. The van der Waals surface area contributed by atoms with Crippen LogP contribution in [-0.4, -0.2) is 50.5 Å². The van der Waals surface area contributed by atoms with Crippen molar-refractivity contribution in [1.82, 2.24) is 10.2 Å². The van der Waals surface area contributed by atoms with Crippen molar-refractivity contribution in [3.8, 4) is 0 Å². The van der Waals surface area contributed by atoms with E-state index < -0.39 is 28.5 Å². The van der Waals surface area contributed by atoms with Crippen molar-refractivity contribution in [2.45, 2.75) is 33.4 Å². The summed E-state index contributed by atoms with van der Waals surface area (Å²) in [4.78, 5) is 27.2. The van der Waals surface area contributed by atoms with Gasteiger partial charge in [-0.25, -0.2) is 8.42 Å². The van der Waals surface area contributed by atoms with Gasteiger partial charge >= 0.3 is 0 Å². The third-order valence-electron chi connectivity index (χ3n) is 4.90. The molecule has 0 heterocycles. The van der Waals surface area contributed by atoms with Crippen LogP contribution in [0.25, 0.3) is 0 Å². The monoisotopic (exact) mass is 465 g/mol. The van der Waals surface area contributed by atoms with Gasteiger partial charge in [-0.1, -0.05) is 41.9 Å². The molecule has 31 heavy (non-hydrogen) atoms. The Morgan fingerprint density at radius 2 is 1.81 bits per heavy atom. The van der Waals surface area contributed by atoms with Crippen LogP contribution in [0.2, 0.25) is 5.02 Å². The molecule has 7 nitrogen and oxygen atoms in total. The first-order valence-electron chi connectivity index (χ1n) is 9.89. The molecular weight excluding hydrogens is 438 g/mol. The summed E-state index contributed by atoms with van der Waals surface area (Å²) >= 11 is 6.02. The molecule has 0 radical (unpaired) electrons. The van der Waals surface area contributed by atoms with Crippen molar-refractivity contribution in [2.75, 3.05) is 23.7 Å². The summed E-state index contributed by atoms with van der Waals surface area (Å²) in [6.45, 7) is 5.50. The van der Waals surface area contributed by atoms with E-state index in [1.54, 1.807) is 32.0 Å². The lowest BCUT2D eigenvalue weighted by Crippen LogP contribution is -2.51. The van der Waals surface area contributed by atoms with Crippen molar-refractivity contribution in [2.24, 2.45) is 0 Å². The highest BCUT2D eigenvalue weighted by Crippen LogP contribution is 2.22. The van der Waals surface area contributed by atoms with Crippen LogP contribution in [0.15, 0.2) is 48.5 Å². The van der Waals surface area contributed by atoms with Crippen LogP contribution >= 0.6 is 11.6 Å². The number of rotatable bonds is 9. The standard InChI is InChI=1S/C22H28ClN3O4S/c1-5-24-22(28)17(3)25(14-18-10-7-6-9-16(18)2)21(27)15-26(31(4,29)30)20-12-8-11-19(23)13-20/h6-13,17H,5,14-15H2,1-4H3,(H,24,28). The highest BCUT2D eigenvalue weighted by Gasteiger charge is 2.30. The second kappa shape index (κ2) is 10.6. The summed E-state index contributed by atoms with van der Waals surface area (Å²) < 4.78 is 25.9. The molecule has 0 saturated carbocycles. The van der Waals surface area contributed by atoms with E-state index in [0.29, 0.717) is 11.6 Å². The molecule has 0 fully saturated rings. The third kappa shape index (κ3) is 6.70. The number of nitrogens with zero attached hydrogens (tertiary/aromatic N) is 2. The zero-order valence-electron chi connectivity index (χ0n) is 18.1. The van der Waals surface area contributed by atoms with Gasteiger partial charge in [0.2, 0.25) is 21.8 Å². The Balaban J connectivity index is 2.40. The number of benzene rings is 2. The number of hydrogen-bond acceptors (Lipinski definition) is 4. The zero-order chi connectivity index (χ0) is 23.2. The number of carbonyl (C=O) groups is 2. The molecule has 2 aromatic rings. The topological polar surface area (TPSA) is 86.8 Å². The molecule has 2 amide bonds. The predicted octanol–water partition coefficient (Wildman–Crippen LogP) is 2.97. The van der Waals surface area contributed by atoms with Crippen LogP contribution in [0.1, 0.15) is 25.0 Å². The fourth-order valence-electron chi connectivity index (χ4n) is 3.12. The predicted molar refractivity (Wildman–Crippen MR) is 124 cm³/mol. The Labute approximate surface area is 189 Å². The van der Waals surface area contributed by atoms with E-state index in [9.17, 15) is 18.0 Å². The molecule has 9 heteroatoms. The molecular formula is C22H28ClN3O4S. The van der Waals surface area contributed by atoms with Crippen LogP contribution in [0.5, 0.6) is 0 Å². The average Bonchev–Trinajstić information content (AvgIpc) is 2.70. The lowest BCUT2D eigenvalue weighted by atomic mass is 10.1. The Morgan fingerprint density at radius 1 is 1.13 bits per heavy atom.